The van der Waals surface area contributed by atoms with E-state index in [4.69, 9.17) is 47.4 Å². The number of carbonyl (C=O) groups is 1. The van der Waals surface area contributed by atoms with Gasteiger partial charge in [-0.15, -0.1) is 0 Å². The van der Waals surface area contributed by atoms with E-state index in [1.165, 1.54) is 6.92 Å². The summed E-state index contributed by atoms with van der Waals surface area (Å²) >= 11 is 0. The zero-order valence-electron chi connectivity index (χ0n) is 38.1. The van der Waals surface area contributed by atoms with E-state index in [-0.39, 0.29) is 43.3 Å². The second-order valence-corrected chi connectivity index (χ2v) is 19.5. The van der Waals surface area contributed by atoms with Gasteiger partial charge in [-0.25, -0.2) is 0 Å². The van der Waals surface area contributed by atoms with Gasteiger partial charge in [0.2, 0.25) is 0 Å². The van der Waals surface area contributed by atoms with Crippen molar-refractivity contribution in [3.05, 3.63) is 47.6 Å². The van der Waals surface area contributed by atoms with E-state index in [0.717, 1.165) is 5.57 Å². The number of aliphatic hydroxyl groups excluding tert-OH is 2. The molecule has 4 saturated heterocycles. The predicted octanol–water partition coefficient (Wildman–Crippen LogP) is 4.18. The van der Waals surface area contributed by atoms with Crippen molar-refractivity contribution in [2.75, 3.05) is 20.8 Å². The minimum atomic E-state index is -1.94. The first-order chi connectivity index (χ1) is 29.3. The second kappa shape index (κ2) is 19.0. The molecule has 0 aromatic rings. The Hall–Kier alpha value is -2.09. The van der Waals surface area contributed by atoms with Crippen LogP contribution in [-0.4, -0.2) is 150 Å². The fourth-order valence-corrected chi connectivity index (χ4v) is 10.8. The van der Waals surface area contributed by atoms with Gasteiger partial charge in [-0.1, -0.05) is 58.1 Å². The van der Waals surface area contributed by atoms with Crippen molar-refractivity contribution in [1.82, 2.24) is 0 Å². The molecule has 20 atom stereocenters. The van der Waals surface area contributed by atoms with Crippen molar-refractivity contribution >= 4 is 5.97 Å². The van der Waals surface area contributed by atoms with Gasteiger partial charge in [0.1, 0.15) is 36.1 Å². The molecule has 6 aliphatic heterocycles. The van der Waals surface area contributed by atoms with Crippen LogP contribution in [0.4, 0.5) is 0 Å². The lowest BCUT2D eigenvalue weighted by Crippen LogP contribution is -2.66. The Morgan fingerprint density at radius 1 is 0.855 bits per heavy atom. The molecule has 15 nitrogen and oxygen atoms in total. The maximum Gasteiger partial charge on any atom is 0.312 e. The Morgan fingerprint density at radius 3 is 2.26 bits per heavy atom. The van der Waals surface area contributed by atoms with Crippen LogP contribution in [0, 0.1) is 23.7 Å². The summed E-state index contributed by atoms with van der Waals surface area (Å²) in [6.07, 6.45) is 4.50. The number of rotatable bonds is 7. The first-order valence-electron chi connectivity index (χ1n) is 22.7. The summed E-state index contributed by atoms with van der Waals surface area (Å²) in [7, 11) is 3.20. The van der Waals surface area contributed by atoms with Gasteiger partial charge in [0.25, 0.3) is 0 Å². The van der Waals surface area contributed by atoms with Crippen molar-refractivity contribution < 1.29 is 72.6 Å². The third kappa shape index (κ3) is 9.58. The lowest BCUT2D eigenvalue weighted by molar-refractivity contribution is -0.318. The van der Waals surface area contributed by atoms with Crippen LogP contribution in [0.3, 0.4) is 0 Å². The Bertz CT molecular complexity index is 1690. The summed E-state index contributed by atoms with van der Waals surface area (Å²) in [5.41, 5.74) is -2.34. The Labute approximate surface area is 366 Å². The van der Waals surface area contributed by atoms with Crippen LogP contribution in [0.15, 0.2) is 47.6 Å². The standard InChI is InChI=1S/C47H72O15/c1-24(2)39-27(5)16-17-46(62-39)21-32-18-31(61-46)15-14-26(4)40(59-37-20-35(54-10)41(29(7)57-37)60-36-19-34(53-9)38(48)28(6)56-36)25(3)12-11-13-30-23-55-43-42(49)45(8,51)22-33(44(50)58-32)47(30,43)52/h11-14,16-17,24-25,27-29,31-43,48-49,51-52H,15,18-23H2,1-10H3/b12-11+,26-14+,30-13+/t25-,27-,28-,29-,31+,32-,33-,34-,35-,36-,37-,38-,39+,40-,41-,42-,43+,45-,46+,47+/m0/s1. The summed E-state index contributed by atoms with van der Waals surface area (Å²) in [4.78, 5) is 14.4. The summed E-state index contributed by atoms with van der Waals surface area (Å²) in [6, 6.07) is 0. The van der Waals surface area contributed by atoms with Crippen LogP contribution in [-0.2, 0) is 52.2 Å². The fraction of sp³-hybridized carbons (Fsp3) is 0.809. The number of methoxy groups -OCH3 is 2. The number of carbonyl (C=O) groups excluding carboxylic acids is 1. The lowest BCUT2D eigenvalue weighted by Gasteiger charge is -2.50. The van der Waals surface area contributed by atoms with E-state index in [2.05, 4.69) is 32.9 Å². The van der Waals surface area contributed by atoms with E-state index in [9.17, 15) is 25.2 Å². The molecule has 1 aliphatic carbocycles. The number of aliphatic hydroxyl groups is 4. The summed E-state index contributed by atoms with van der Waals surface area (Å²) in [6.45, 7) is 15.5. The average Bonchev–Trinajstić information content (AvgIpc) is 3.56. The van der Waals surface area contributed by atoms with Gasteiger partial charge in [-0.05, 0) is 63.7 Å². The normalized spacial score (nSPS) is 51.2. The smallest absolute Gasteiger partial charge is 0.312 e. The van der Waals surface area contributed by atoms with Gasteiger partial charge in [0.15, 0.2) is 18.4 Å². The number of hydrogen-bond donors (Lipinski definition) is 4. The number of hydrogen-bond acceptors (Lipinski definition) is 15. The predicted molar refractivity (Wildman–Crippen MR) is 224 cm³/mol. The van der Waals surface area contributed by atoms with Gasteiger partial charge >= 0.3 is 5.97 Å². The molecular formula is C47H72O15. The topological polar surface area (TPSA) is 190 Å². The molecule has 0 radical (unpaired) electrons. The first kappa shape index (κ1) is 47.9. The van der Waals surface area contributed by atoms with E-state index in [1.807, 2.05) is 39.0 Å². The molecule has 7 aliphatic rings. The molecule has 0 aromatic heterocycles. The molecule has 0 unspecified atom stereocenters. The molecular weight excluding hydrogens is 805 g/mol. The van der Waals surface area contributed by atoms with Crippen LogP contribution in [0.25, 0.3) is 0 Å². The highest BCUT2D eigenvalue weighted by molar-refractivity contribution is 5.76. The van der Waals surface area contributed by atoms with Crippen molar-refractivity contribution in [1.29, 1.82) is 0 Å². The molecule has 6 heterocycles. The van der Waals surface area contributed by atoms with E-state index >= 15 is 0 Å². The number of ether oxygens (including phenoxy) is 10. The monoisotopic (exact) mass is 876 g/mol. The Morgan fingerprint density at radius 2 is 1.55 bits per heavy atom. The second-order valence-electron chi connectivity index (χ2n) is 19.5. The van der Waals surface area contributed by atoms with Crippen molar-refractivity contribution in [3.63, 3.8) is 0 Å². The van der Waals surface area contributed by atoms with E-state index < -0.39 is 109 Å². The summed E-state index contributed by atoms with van der Waals surface area (Å²) in [5, 5.41) is 45.7. The van der Waals surface area contributed by atoms with Crippen LogP contribution in [0.5, 0.6) is 0 Å². The highest BCUT2D eigenvalue weighted by Crippen LogP contribution is 2.50. The van der Waals surface area contributed by atoms with Gasteiger partial charge in [0.05, 0.1) is 60.9 Å². The van der Waals surface area contributed by atoms with Crippen molar-refractivity contribution in [3.8, 4) is 0 Å². The van der Waals surface area contributed by atoms with E-state index in [0.29, 0.717) is 31.3 Å². The van der Waals surface area contributed by atoms with Crippen LogP contribution in [0.2, 0.25) is 0 Å². The molecule has 15 heteroatoms. The van der Waals surface area contributed by atoms with Gasteiger partial charge in [0, 0.05) is 51.7 Å². The van der Waals surface area contributed by atoms with Gasteiger partial charge in [-0.3, -0.25) is 4.79 Å². The largest absolute Gasteiger partial charge is 0.462 e. The molecule has 62 heavy (non-hydrogen) atoms. The quantitative estimate of drug-likeness (QED) is 0.210. The maximum absolute atomic E-state index is 14.4. The van der Waals surface area contributed by atoms with Crippen LogP contribution >= 0.6 is 0 Å². The molecule has 4 N–H and O–H groups in total. The highest BCUT2D eigenvalue weighted by atomic mass is 16.7. The zero-order chi connectivity index (χ0) is 44.9. The molecule has 350 valence electrons. The minimum absolute atomic E-state index is 0.0571. The zero-order valence-corrected chi connectivity index (χ0v) is 38.1. The number of allylic oxidation sites excluding steroid dienone is 2. The van der Waals surface area contributed by atoms with Crippen molar-refractivity contribution in [2.24, 2.45) is 23.7 Å². The first-order valence-corrected chi connectivity index (χ1v) is 22.7. The summed E-state index contributed by atoms with van der Waals surface area (Å²) in [5.74, 6) is -2.96. The van der Waals surface area contributed by atoms with Crippen LogP contribution < -0.4 is 0 Å². The molecule has 0 aromatic carbocycles. The molecule has 1 saturated carbocycles. The third-order valence-corrected chi connectivity index (χ3v) is 14.4. The van der Waals surface area contributed by atoms with E-state index in [1.54, 1.807) is 27.2 Å². The average molecular weight is 877 g/mol. The number of fused-ring (bicyclic) bond motifs is 2. The molecule has 5 fully saturated rings. The molecule has 7 rings (SSSR count). The van der Waals surface area contributed by atoms with Crippen molar-refractivity contribution in [2.45, 2.75) is 197 Å². The fourth-order valence-electron chi connectivity index (χ4n) is 10.8. The Balaban J connectivity index is 1.18. The summed E-state index contributed by atoms with van der Waals surface area (Å²) < 4.78 is 63.3. The maximum atomic E-state index is 14.4. The number of esters is 1. The van der Waals surface area contributed by atoms with Crippen LogP contribution in [0.1, 0.15) is 93.9 Å². The Kier molecular flexibility index (Phi) is 14.7. The van der Waals surface area contributed by atoms with Gasteiger partial charge in [-0.2, -0.15) is 0 Å². The molecule has 2 bridgehead atoms. The lowest BCUT2D eigenvalue weighted by atomic mass is 9.64. The molecule has 0 amide bonds. The SMILES string of the molecule is CO[C@H]1C[C@H](O[C@H]2[C@H](C)O[C@@H](O[C@@H]3/C(C)=C/C[C@@H]4C[C@@H](C[C@]5(C=C[C@H](C)[C@@H](C(C)C)O5)O4)OC(=O)[C@@H]4C[C@](C)(O)[C@@H](O)[C@H]5OC/C(=C\C=C\[C@@H]3C)[C@]54O)C[C@@H]2OC)O[C@@H](C)[C@@H]1O. The highest BCUT2D eigenvalue weighted by Gasteiger charge is 2.65. The van der Waals surface area contributed by atoms with Gasteiger partial charge < -0.3 is 67.8 Å². The minimum Gasteiger partial charge on any atom is -0.462 e. The third-order valence-electron chi connectivity index (χ3n) is 14.4. The molecule has 1 spiro atoms.